The first-order valence-corrected chi connectivity index (χ1v) is 6.27. The molecule has 1 aliphatic heterocycles. The fraction of sp³-hybridized carbons (Fsp3) is 0.538. The van der Waals surface area contributed by atoms with E-state index in [1.54, 1.807) is 0 Å². The molecule has 1 atom stereocenters. The van der Waals surface area contributed by atoms with E-state index in [0.717, 1.165) is 26.2 Å². The minimum Gasteiger partial charge on any atom is -0.374 e. The van der Waals surface area contributed by atoms with E-state index in [2.05, 4.69) is 36.1 Å². The second-order valence-corrected chi connectivity index (χ2v) is 4.62. The van der Waals surface area contributed by atoms with Crippen LogP contribution >= 0.6 is 11.6 Å². The Morgan fingerprint density at radius 1 is 1.44 bits per heavy atom. The molecule has 0 N–H and O–H groups in total. The number of benzene rings is 1. The fourth-order valence-electron chi connectivity index (χ4n) is 2.05. The molecule has 3 heteroatoms. The Labute approximate surface area is 102 Å². The zero-order valence-electron chi connectivity index (χ0n) is 9.66. The van der Waals surface area contributed by atoms with Crippen molar-refractivity contribution >= 4 is 11.6 Å². The number of ether oxygens (including phenoxy) is 1. The number of rotatable bonds is 3. The van der Waals surface area contributed by atoms with E-state index in [0.29, 0.717) is 5.88 Å². The molecule has 0 aromatic heterocycles. The van der Waals surface area contributed by atoms with Gasteiger partial charge in [-0.25, -0.2) is 0 Å². The lowest BCUT2D eigenvalue weighted by molar-refractivity contribution is -0.0194. The number of halogens is 1. The first-order chi connectivity index (χ1) is 7.79. The van der Waals surface area contributed by atoms with Crippen LogP contribution in [-0.4, -0.2) is 36.6 Å². The van der Waals surface area contributed by atoms with Crippen LogP contribution in [0.4, 0.5) is 0 Å². The zero-order chi connectivity index (χ0) is 11.4. The Hall–Kier alpha value is -0.570. The van der Waals surface area contributed by atoms with Gasteiger partial charge >= 0.3 is 0 Å². The number of alkyl halides is 1. The van der Waals surface area contributed by atoms with Crippen LogP contribution in [0.5, 0.6) is 0 Å². The van der Waals surface area contributed by atoms with Crippen LogP contribution in [0.1, 0.15) is 11.1 Å². The number of morpholine rings is 1. The first-order valence-electron chi connectivity index (χ1n) is 5.74. The lowest BCUT2D eigenvalue weighted by Crippen LogP contribution is -2.42. The summed E-state index contributed by atoms with van der Waals surface area (Å²) >= 11 is 5.83. The second-order valence-electron chi connectivity index (χ2n) is 4.31. The number of hydrogen-bond acceptors (Lipinski definition) is 2. The molecule has 2 nitrogen and oxygen atoms in total. The summed E-state index contributed by atoms with van der Waals surface area (Å²) in [4.78, 5) is 2.42. The Balaban J connectivity index is 1.97. The molecule has 0 bridgehead atoms. The summed E-state index contributed by atoms with van der Waals surface area (Å²) in [5.74, 6) is 0.588. The highest BCUT2D eigenvalue weighted by molar-refractivity contribution is 6.18. The molecule has 0 saturated carbocycles. The molecule has 2 rings (SSSR count). The van der Waals surface area contributed by atoms with Crippen molar-refractivity contribution in [1.29, 1.82) is 0 Å². The van der Waals surface area contributed by atoms with Gasteiger partial charge in [0.25, 0.3) is 0 Å². The maximum Gasteiger partial charge on any atom is 0.0837 e. The summed E-state index contributed by atoms with van der Waals surface area (Å²) < 4.78 is 5.55. The fourth-order valence-corrected chi connectivity index (χ4v) is 2.23. The van der Waals surface area contributed by atoms with Gasteiger partial charge in [0.1, 0.15) is 0 Å². The van der Waals surface area contributed by atoms with Crippen molar-refractivity contribution in [1.82, 2.24) is 4.90 Å². The molecule has 0 radical (unpaired) electrons. The van der Waals surface area contributed by atoms with E-state index in [1.807, 2.05) is 0 Å². The third-order valence-electron chi connectivity index (χ3n) is 3.05. The lowest BCUT2D eigenvalue weighted by atomic mass is 10.1. The van der Waals surface area contributed by atoms with Crippen LogP contribution in [0.3, 0.4) is 0 Å². The van der Waals surface area contributed by atoms with Gasteiger partial charge in [0.15, 0.2) is 0 Å². The maximum atomic E-state index is 5.83. The molecule has 1 unspecified atom stereocenters. The van der Waals surface area contributed by atoms with Gasteiger partial charge in [-0.1, -0.05) is 24.3 Å². The topological polar surface area (TPSA) is 12.5 Å². The number of aryl methyl sites for hydroxylation is 1. The van der Waals surface area contributed by atoms with Crippen molar-refractivity contribution in [3.05, 3.63) is 35.4 Å². The normalized spacial score (nSPS) is 22.2. The van der Waals surface area contributed by atoms with Crippen molar-refractivity contribution in [2.24, 2.45) is 0 Å². The molecule has 1 aliphatic rings. The van der Waals surface area contributed by atoms with E-state index in [-0.39, 0.29) is 6.10 Å². The molecule has 1 heterocycles. The predicted molar refractivity (Wildman–Crippen MR) is 66.9 cm³/mol. The van der Waals surface area contributed by atoms with Crippen LogP contribution < -0.4 is 0 Å². The zero-order valence-corrected chi connectivity index (χ0v) is 10.4. The average molecular weight is 240 g/mol. The molecular weight excluding hydrogens is 222 g/mol. The van der Waals surface area contributed by atoms with Crippen LogP contribution in [0.25, 0.3) is 0 Å². The SMILES string of the molecule is Cc1ccccc1CN1CCOC(CCl)C1. The monoisotopic (exact) mass is 239 g/mol. The molecule has 88 valence electrons. The second kappa shape index (κ2) is 5.67. The van der Waals surface area contributed by atoms with E-state index in [9.17, 15) is 0 Å². The molecule has 0 aliphatic carbocycles. The highest BCUT2D eigenvalue weighted by atomic mass is 35.5. The maximum absolute atomic E-state index is 5.83. The number of hydrogen-bond donors (Lipinski definition) is 0. The van der Waals surface area contributed by atoms with Crippen molar-refractivity contribution < 1.29 is 4.74 Å². The third kappa shape index (κ3) is 2.97. The van der Waals surface area contributed by atoms with E-state index < -0.39 is 0 Å². The summed E-state index contributed by atoms with van der Waals surface area (Å²) in [5, 5.41) is 0. The summed E-state index contributed by atoms with van der Waals surface area (Å²) in [7, 11) is 0. The minimum absolute atomic E-state index is 0.194. The van der Waals surface area contributed by atoms with Crippen LogP contribution in [0.2, 0.25) is 0 Å². The van der Waals surface area contributed by atoms with Gasteiger partial charge in [-0.05, 0) is 18.1 Å². The molecule has 1 aromatic rings. The highest BCUT2D eigenvalue weighted by Crippen LogP contribution is 2.14. The lowest BCUT2D eigenvalue weighted by Gasteiger charge is -2.32. The average Bonchev–Trinajstić information content (AvgIpc) is 2.32. The smallest absolute Gasteiger partial charge is 0.0837 e. The first kappa shape index (κ1) is 11.9. The minimum atomic E-state index is 0.194. The van der Waals surface area contributed by atoms with Gasteiger partial charge in [0.2, 0.25) is 0 Å². The van der Waals surface area contributed by atoms with Gasteiger partial charge < -0.3 is 4.74 Å². The van der Waals surface area contributed by atoms with E-state index in [1.165, 1.54) is 11.1 Å². The van der Waals surface area contributed by atoms with Gasteiger partial charge in [0, 0.05) is 25.5 Å². The predicted octanol–water partition coefficient (Wildman–Crippen LogP) is 2.43. The quantitative estimate of drug-likeness (QED) is 0.752. The summed E-state index contributed by atoms with van der Waals surface area (Å²) in [5.41, 5.74) is 2.76. The summed E-state index contributed by atoms with van der Waals surface area (Å²) in [6, 6.07) is 8.54. The van der Waals surface area contributed by atoms with Crippen LogP contribution in [-0.2, 0) is 11.3 Å². The Bertz CT molecular complexity index is 342. The van der Waals surface area contributed by atoms with Crippen molar-refractivity contribution in [2.45, 2.75) is 19.6 Å². The third-order valence-corrected chi connectivity index (χ3v) is 3.39. The van der Waals surface area contributed by atoms with Crippen LogP contribution in [0, 0.1) is 6.92 Å². The standard InChI is InChI=1S/C13H18ClNO/c1-11-4-2-3-5-12(11)9-15-6-7-16-13(8-14)10-15/h2-5,13H,6-10H2,1H3. The van der Waals surface area contributed by atoms with Gasteiger partial charge in [-0.3, -0.25) is 4.90 Å². The molecule has 16 heavy (non-hydrogen) atoms. The summed E-state index contributed by atoms with van der Waals surface area (Å²) in [6.45, 7) is 5.90. The van der Waals surface area contributed by atoms with Crippen LogP contribution in [0.15, 0.2) is 24.3 Å². The van der Waals surface area contributed by atoms with Crippen molar-refractivity contribution in [3.8, 4) is 0 Å². The molecule has 0 amide bonds. The Morgan fingerprint density at radius 3 is 3.00 bits per heavy atom. The van der Waals surface area contributed by atoms with E-state index in [4.69, 9.17) is 16.3 Å². The largest absolute Gasteiger partial charge is 0.374 e. The molecular formula is C13H18ClNO. The number of nitrogens with zero attached hydrogens (tertiary/aromatic N) is 1. The van der Waals surface area contributed by atoms with Gasteiger partial charge in [-0.2, -0.15) is 0 Å². The molecule has 0 spiro atoms. The molecule has 1 aromatic carbocycles. The van der Waals surface area contributed by atoms with Crippen molar-refractivity contribution in [2.75, 3.05) is 25.6 Å². The Kier molecular flexibility index (Phi) is 4.22. The molecule has 1 saturated heterocycles. The summed E-state index contributed by atoms with van der Waals surface area (Å²) in [6.07, 6.45) is 0.194. The van der Waals surface area contributed by atoms with E-state index >= 15 is 0 Å². The van der Waals surface area contributed by atoms with Gasteiger partial charge in [-0.15, -0.1) is 11.6 Å². The molecule has 1 fully saturated rings. The van der Waals surface area contributed by atoms with Gasteiger partial charge in [0.05, 0.1) is 12.7 Å². The Morgan fingerprint density at radius 2 is 2.25 bits per heavy atom. The highest BCUT2D eigenvalue weighted by Gasteiger charge is 2.19. The van der Waals surface area contributed by atoms with Crippen molar-refractivity contribution in [3.63, 3.8) is 0 Å².